The molecule has 1 aliphatic carbocycles. The summed E-state index contributed by atoms with van der Waals surface area (Å²) in [5.41, 5.74) is 0. The van der Waals surface area contributed by atoms with E-state index in [4.69, 9.17) is 4.42 Å². The number of hydrogen-bond acceptors (Lipinski definition) is 3. The molecule has 1 heterocycles. The summed E-state index contributed by atoms with van der Waals surface area (Å²) in [5.74, 6) is 0.122. The Balaban J connectivity index is 1.77. The fraction of sp³-hybridized carbons (Fsp3) is 0.375. The lowest BCUT2D eigenvalue weighted by molar-refractivity contribution is 0.389. The highest BCUT2D eigenvalue weighted by molar-refractivity contribution is 7.89. The van der Waals surface area contributed by atoms with Gasteiger partial charge in [-0.05, 0) is 42.7 Å². The van der Waals surface area contributed by atoms with Crippen LogP contribution in [0.1, 0.15) is 30.8 Å². The van der Waals surface area contributed by atoms with Gasteiger partial charge in [0.15, 0.2) is 11.6 Å². The predicted octanol–water partition coefficient (Wildman–Crippen LogP) is 3.50. The maximum Gasteiger partial charge on any atom is 0.243 e. The lowest BCUT2D eigenvalue weighted by atomic mass is 10.3. The van der Waals surface area contributed by atoms with Crippen LogP contribution in [-0.2, 0) is 16.6 Å². The molecule has 1 fully saturated rings. The number of rotatable bonds is 5. The van der Waals surface area contributed by atoms with Crippen LogP contribution in [0.15, 0.2) is 39.6 Å². The molecule has 2 atom stereocenters. The van der Waals surface area contributed by atoms with E-state index < -0.39 is 21.7 Å². The molecule has 1 saturated carbocycles. The zero-order valence-electron chi connectivity index (χ0n) is 12.8. The predicted molar refractivity (Wildman–Crippen MR) is 80.2 cm³/mol. The van der Waals surface area contributed by atoms with Gasteiger partial charge in [0, 0.05) is 13.0 Å². The molecule has 0 amide bonds. The van der Waals surface area contributed by atoms with Gasteiger partial charge in [-0.25, -0.2) is 17.2 Å². The molecule has 1 aromatic heterocycles. The van der Waals surface area contributed by atoms with Crippen LogP contribution in [0.2, 0.25) is 0 Å². The molecule has 2 aromatic rings. The van der Waals surface area contributed by atoms with Crippen molar-refractivity contribution in [2.75, 3.05) is 7.05 Å². The van der Waals surface area contributed by atoms with Crippen molar-refractivity contribution in [3.63, 3.8) is 0 Å². The minimum absolute atomic E-state index is 0.0302. The van der Waals surface area contributed by atoms with Crippen LogP contribution < -0.4 is 0 Å². The summed E-state index contributed by atoms with van der Waals surface area (Å²) in [5, 5.41) is 0. The van der Waals surface area contributed by atoms with Crippen molar-refractivity contribution in [1.82, 2.24) is 4.31 Å². The highest BCUT2D eigenvalue weighted by Crippen LogP contribution is 2.47. The van der Waals surface area contributed by atoms with E-state index in [0.29, 0.717) is 23.7 Å². The standard InChI is InChI=1S/C16H17F2NO3S/c1-10-7-13(10)16-6-3-11(22-16)9-19(2)23(20,21)12-4-5-14(17)15(18)8-12/h3-6,8,10,13H,7,9H2,1-2H3. The fourth-order valence-electron chi connectivity index (χ4n) is 2.52. The van der Waals surface area contributed by atoms with E-state index in [0.717, 1.165) is 28.6 Å². The first-order chi connectivity index (χ1) is 10.8. The van der Waals surface area contributed by atoms with Crippen molar-refractivity contribution < 1.29 is 21.6 Å². The Labute approximate surface area is 133 Å². The van der Waals surface area contributed by atoms with Crippen molar-refractivity contribution in [2.45, 2.75) is 30.7 Å². The maximum absolute atomic E-state index is 13.3. The molecule has 3 rings (SSSR count). The van der Waals surface area contributed by atoms with Gasteiger partial charge in [-0.1, -0.05) is 6.92 Å². The van der Waals surface area contributed by atoms with Crippen molar-refractivity contribution >= 4 is 10.0 Å². The van der Waals surface area contributed by atoms with Gasteiger partial charge in [-0.15, -0.1) is 0 Å². The highest BCUT2D eigenvalue weighted by atomic mass is 32.2. The monoisotopic (exact) mass is 341 g/mol. The van der Waals surface area contributed by atoms with E-state index in [9.17, 15) is 17.2 Å². The normalized spacial score (nSPS) is 20.9. The van der Waals surface area contributed by atoms with Crippen molar-refractivity contribution in [3.05, 3.63) is 53.5 Å². The number of hydrogen-bond donors (Lipinski definition) is 0. The van der Waals surface area contributed by atoms with Gasteiger partial charge in [0.25, 0.3) is 0 Å². The Hall–Kier alpha value is -1.73. The number of nitrogens with zero attached hydrogens (tertiary/aromatic N) is 1. The lowest BCUT2D eigenvalue weighted by Crippen LogP contribution is -2.26. The zero-order chi connectivity index (χ0) is 16.8. The summed E-state index contributed by atoms with van der Waals surface area (Å²) in [4.78, 5) is -0.290. The van der Waals surface area contributed by atoms with E-state index in [1.165, 1.54) is 7.05 Å². The maximum atomic E-state index is 13.3. The Morgan fingerprint density at radius 2 is 1.91 bits per heavy atom. The van der Waals surface area contributed by atoms with Crippen LogP contribution in [0.3, 0.4) is 0 Å². The Morgan fingerprint density at radius 3 is 2.52 bits per heavy atom. The van der Waals surface area contributed by atoms with Gasteiger partial charge in [0.1, 0.15) is 11.5 Å². The van der Waals surface area contributed by atoms with Crippen LogP contribution in [0.25, 0.3) is 0 Å². The van der Waals surface area contributed by atoms with Gasteiger partial charge in [0.2, 0.25) is 10.0 Å². The summed E-state index contributed by atoms with van der Waals surface area (Å²) in [6.45, 7) is 2.16. The molecular formula is C16H17F2NO3S. The highest BCUT2D eigenvalue weighted by Gasteiger charge is 2.36. The SMILES string of the molecule is CC1CC1c1ccc(CN(C)S(=O)(=O)c2ccc(F)c(F)c2)o1. The largest absolute Gasteiger partial charge is 0.464 e. The average Bonchev–Trinajstić information content (AvgIpc) is 3.04. The third-order valence-electron chi connectivity index (χ3n) is 4.14. The fourth-order valence-corrected chi connectivity index (χ4v) is 3.67. The first-order valence-corrected chi connectivity index (χ1v) is 8.73. The molecule has 1 aliphatic rings. The van der Waals surface area contributed by atoms with Crippen molar-refractivity contribution in [3.8, 4) is 0 Å². The van der Waals surface area contributed by atoms with E-state index >= 15 is 0 Å². The van der Waals surface area contributed by atoms with Crippen LogP contribution in [-0.4, -0.2) is 19.8 Å². The molecule has 0 bridgehead atoms. The molecule has 2 unspecified atom stereocenters. The molecule has 124 valence electrons. The molecule has 0 radical (unpaired) electrons. The third-order valence-corrected chi connectivity index (χ3v) is 5.93. The first-order valence-electron chi connectivity index (χ1n) is 7.29. The number of halogens is 2. The van der Waals surface area contributed by atoms with Crippen LogP contribution in [0.5, 0.6) is 0 Å². The van der Waals surface area contributed by atoms with Crippen LogP contribution in [0.4, 0.5) is 8.78 Å². The van der Waals surface area contributed by atoms with Gasteiger partial charge >= 0.3 is 0 Å². The van der Waals surface area contributed by atoms with Gasteiger partial charge in [0.05, 0.1) is 11.4 Å². The van der Waals surface area contributed by atoms with E-state index in [1.807, 2.05) is 6.07 Å². The molecule has 0 spiro atoms. The minimum atomic E-state index is -3.92. The van der Waals surface area contributed by atoms with Crippen molar-refractivity contribution in [1.29, 1.82) is 0 Å². The summed E-state index contributed by atoms with van der Waals surface area (Å²) < 4.78 is 57.7. The Bertz CT molecular complexity index is 832. The molecule has 7 heteroatoms. The molecule has 0 aliphatic heterocycles. The molecular weight excluding hydrogens is 324 g/mol. The topological polar surface area (TPSA) is 50.5 Å². The number of furan rings is 1. The molecule has 4 nitrogen and oxygen atoms in total. The summed E-state index contributed by atoms with van der Waals surface area (Å²) in [6, 6.07) is 6.14. The van der Waals surface area contributed by atoms with E-state index in [1.54, 1.807) is 6.07 Å². The zero-order valence-corrected chi connectivity index (χ0v) is 13.6. The molecule has 1 aromatic carbocycles. The Morgan fingerprint density at radius 1 is 1.22 bits per heavy atom. The van der Waals surface area contributed by atoms with E-state index in [-0.39, 0.29) is 11.4 Å². The summed E-state index contributed by atoms with van der Waals surface area (Å²) in [7, 11) is -2.54. The first kappa shape index (κ1) is 16.1. The molecule has 0 N–H and O–H groups in total. The molecule has 0 saturated heterocycles. The summed E-state index contributed by atoms with van der Waals surface area (Å²) >= 11 is 0. The van der Waals surface area contributed by atoms with E-state index in [2.05, 4.69) is 6.92 Å². The number of sulfonamides is 1. The lowest BCUT2D eigenvalue weighted by Gasteiger charge is -2.16. The second-order valence-corrected chi connectivity index (χ2v) is 8.01. The van der Waals surface area contributed by atoms with Crippen LogP contribution >= 0.6 is 0 Å². The smallest absolute Gasteiger partial charge is 0.243 e. The number of benzene rings is 1. The average molecular weight is 341 g/mol. The van der Waals surface area contributed by atoms with Gasteiger partial charge in [-0.2, -0.15) is 4.31 Å². The molecule has 23 heavy (non-hydrogen) atoms. The van der Waals surface area contributed by atoms with Gasteiger partial charge in [-0.3, -0.25) is 0 Å². The third kappa shape index (κ3) is 3.16. The van der Waals surface area contributed by atoms with Gasteiger partial charge < -0.3 is 4.42 Å². The summed E-state index contributed by atoms with van der Waals surface area (Å²) in [6.07, 6.45) is 1.08. The van der Waals surface area contributed by atoms with Crippen molar-refractivity contribution in [2.24, 2.45) is 5.92 Å². The second-order valence-electron chi connectivity index (χ2n) is 5.96. The quantitative estimate of drug-likeness (QED) is 0.836. The minimum Gasteiger partial charge on any atom is -0.464 e. The second kappa shape index (κ2) is 5.72. The Kier molecular flexibility index (Phi) is 4.01. The van der Waals surface area contributed by atoms with Crippen LogP contribution in [0, 0.1) is 17.6 Å².